The van der Waals surface area contributed by atoms with Gasteiger partial charge in [0.25, 0.3) is 0 Å². The van der Waals surface area contributed by atoms with Crippen LogP contribution in [0.5, 0.6) is 0 Å². The number of carboxylic acids is 1. The number of piperidine rings is 1. The van der Waals surface area contributed by atoms with E-state index in [-0.39, 0.29) is 24.4 Å². The van der Waals surface area contributed by atoms with E-state index in [2.05, 4.69) is 0 Å². The molecule has 7 heteroatoms. The SMILES string of the molecule is NC1CC(CC(=O)O)CCN1CS(=O)[O-]. The van der Waals surface area contributed by atoms with Gasteiger partial charge in [-0.15, -0.1) is 0 Å². The molecule has 0 radical (unpaired) electrons. The fourth-order valence-electron chi connectivity index (χ4n) is 1.85. The van der Waals surface area contributed by atoms with Crippen LogP contribution in [0.3, 0.4) is 0 Å². The third-order valence-electron chi connectivity index (χ3n) is 2.60. The van der Waals surface area contributed by atoms with Gasteiger partial charge in [-0.05, 0) is 29.8 Å². The lowest BCUT2D eigenvalue weighted by Gasteiger charge is -2.37. The Kier molecular flexibility index (Phi) is 4.65. The highest BCUT2D eigenvalue weighted by atomic mass is 32.2. The Bertz CT molecular complexity index is 261. The minimum atomic E-state index is -2.13. The maximum atomic E-state index is 10.5. The lowest BCUT2D eigenvalue weighted by atomic mass is 9.92. The number of hydrogen-bond donors (Lipinski definition) is 2. The maximum Gasteiger partial charge on any atom is 0.303 e. The Balaban J connectivity index is 2.40. The summed E-state index contributed by atoms with van der Waals surface area (Å²) in [5.41, 5.74) is 5.75. The second-order valence-electron chi connectivity index (χ2n) is 3.80. The zero-order valence-corrected chi connectivity index (χ0v) is 9.11. The lowest BCUT2D eigenvalue weighted by Crippen LogP contribution is -2.49. The summed E-state index contributed by atoms with van der Waals surface area (Å²) in [7, 11) is 0. The van der Waals surface area contributed by atoms with Gasteiger partial charge in [0.15, 0.2) is 0 Å². The molecule has 15 heavy (non-hydrogen) atoms. The number of aliphatic carboxylic acids is 1. The topological polar surface area (TPSA) is 107 Å². The maximum absolute atomic E-state index is 10.5. The summed E-state index contributed by atoms with van der Waals surface area (Å²) in [6.07, 6.45) is 1.00. The fourth-order valence-corrected chi connectivity index (χ4v) is 2.44. The average Bonchev–Trinajstić information content (AvgIpc) is 2.08. The number of nitrogens with zero attached hydrogens (tertiary/aromatic N) is 1. The number of hydrogen-bond acceptors (Lipinski definition) is 5. The Morgan fingerprint density at radius 2 is 2.33 bits per heavy atom. The molecule has 0 aromatic carbocycles. The van der Waals surface area contributed by atoms with E-state index >= 15 is 0 Å². The fraction of sp³-hybridized carbons (Fsp3) is 0.875. The van der Waals surface area contributed by atoms with Crippen molar-refractivity contribution in [2.75, 3.05) is 12.4 Å². The van der Waals surface area contributed by atoms with E-state index in [9.17, 15) is 13.6 Å². The third kappa shape index (κ3) is 4.25. The Labute approximate surface area is 90.7 Å². The number of rotatable bonds is 4. The summed E-state index contributed by atoms with van der Waals surface area (Å²) in [5, 5.41) is 8.61. The first-order chi connectivity index (χ1) is 6.99. The van der Waals surface area contributed by atoms with Crippen LogP contribution in [0.15, 0.2) is 0 Å². The van der Waals surface area contributed by atoms with Gasteiger partial charge in [0.05, 0.1) is 12.0 Å². The predicted octanol–water partition coefficient (Wildman–Crippen LogP) is -0.706. The van der Waals surface area contributed by atoms with Gasteiger partial charge in [0, 0.05) is 13.0 Å². The van der Waals surface area contributed by atoms with Gasteiger partial charge in [-0.2, -0.15) is 0 Å². The molecule has 0 saturated carbocycles. The first-order valence-electron chi connectivity index (χ1n) is 4.76. The minimum Gasteiger partial charge on any atom is -0.771 e. The van der Waals surface area contributed by atoms with E-state index in [1.807, 2.05) is 0 Å². The third-order valence-corrected chi connectivity index (χ3v) is 3.15. The van der Waals surface area contributed by atoms with Crippen molar-refractivity contribution in [3.63, 3.8) is 0 Å². The average molecular weight is 235 g/mol. The molecule has 1 saturated heterocycles. The van der Waals surface area contributed by atoms with Crippen molar-refractivity contribution in [2.24, 2.45) is 11.7 Å². The zero-order chi connectivity index (χ0) is 11.4. The largest absolute Gasteiger partial charge is 0.771 e. The van der Waals surface area contributed by atoms with Crippen molar-refractivity contribution in [1.29, 1.82) is 0 Å². The molecule has 3 unspecified atom stereocenters. The van der Waals surface area contributed by atoms with Crippen molar-refractivity contribution < 1.29 is 18.7 Å². The first kappa shape index (κ1) is 12.6. The molecule has 1 heterocycles. The molecular formula is C8H15N2O4S-. The van der Waals surface area contributed by atoms with Crippen LogP contribution in [0, 0.1) is 5.92 Å². The molecule has 0 aromatic heterocycles. The van der Waals surface area contributed by atoms with Crippen LogP contribution in [0.2, 0.25) is 0 Å². The highest BCUT2D eigenvalue weighted by molar-refractivity contribution is 7.79. The van der Waals surface area contributed by atoms with Crippen LogP contribution in [0.25, 0.3) is 0 Å². The van der Waals surface area contributed by atoms with Gasteiger partial charge >= 0.3 is 5.97 Å². The Morgan fingerprint density at radius 3 is 2.80 bits per heavy atom. The van der Waals surface area contributed by atoms with Crippen molar-refractivity contribution in [2.45, 2.75) is 25.4 Å². The molecule has 3 atom stereocenters. The first-order valence-corrected chi connectivity index (χ1v) is 6.00. The van der Waals surface area contributed by atoms with Crippen LogP contribution in [0.1, 0.15) is 19.3 Å². The monoisotopic (exact) mass is 235 g/mol. The second-order valence-corrected chi connectivity index (χ2v) is 4.67. The Hall–Kier alpha value is -0.500. The standard InChI is InChI=1S/C8H16N2O4S/c9-7-3-6(4-8(11)12)1-2-10(7)5-15(13)14/h6-7H,1-5,9H2,(H,11,12)(H,13,14)/p-1. The molecule has 6 nitrogen and oxygen atoms in total. The molecule has 88 valence electrons. The van der Waals surface area contributed by atoms with E-state index in [1.165, 1.54) is 0 Å². The molecular weight excluding hydrogens is 220 g/mol. The normalized spacial score (nSPS) is 30.0. The van der Waals surface area contributed by atoms with Gasteiger partial charge in [-0.3, -0.25) is 13.9 Å². The number of carboxylic acid groups (broad SMARTS) is 1. The second kappa shape index (κ2) is 5.55. The molecule has 0 aliphatic carbocycles. The molecule has 0 spiro atoms. The molecule has 1 aliphatic heterocycles. The molecule has 1 rings (SSSR count). The van der Waals surface area contributed by atoms with Crippen LogP contribution >= 0.6 is 0 Å². The van der Waals surface area contributed by atoms with Gasteiger partial charge in [-0.25, -0.2) is 0 Å². The van der Waals surface area contributed by atoms with E-state index in [4.69, 9.17) is 10.8 Å². The van der Waals surface area contributed by atoms with E-state index in [0.29, 0.717) is 19.4 Å². The van der Waals surface area contributed by atoms with Crippen LogP contribution in [-0.2, 0) is 15.9 Å². The molecule has 1 fully saturated rings. The quantitative estimate of drug-likeness (QED) is 0.624. The number of nitrogens with two attached hydrogens (primary N) is 1. The summed E-state index contributed by atoms with van der Waals surface area (Å²) < 4.78 is 21.0. The summed E-state index contributed by atoms with van der Waals surface area (Å²) >= 11 is -2.13. The summed E-state index contributed by atoms with van der Waals surface area (Å²) in [6, 6.07) is 0. The Morgan fingerprint density at radius 1 is 1.67 bits per heavy atom. The highest BCUT2D eigenvalue weighted by Gasteiger charge is 2.26. The van der Waals surface area contributed by atoms with Gasteiger partial charge in [-0.1, -0.05) is 0 Å². The molecule has 3 N–H and O–H groups in total. The van der Waals surface area contributed by atoms with E-state index < -0.39 is 17.0 Å². The minimum absolute atomic E-state index is 0.0637. The van der Waals surface area contributed by atoms with Gasteiger partial charge < -0.3 is 15.4 Å². The van der Waals surface area contributed by atoms with E-state index in [0.717, 1.165) is 0 Å². The summed E-state index contributed by atoms with van der Waals surface area (Å²) in [4.78, 5) is 12.1. The van der Waals surface area contributed by atoms with Crippen molar-refractivity contribution >= 4 is 17.0 Å². The molecule has 1 aliphatic rings. The van der Waals surface area contributed by atoms with Crippen LogP contribution < -0.4 is 5.73 Å². The predicted molar refractivity (Wildman–Crippen MR) is 53.4 cm³/mol. The van der Waals surface area contributed by atoms with Crippen LogP contribution in [-0.4, -0.2) is 43.3 Å². The smallest absolute Gasteiger partial charge is 0.303 e. The molecule has 0 aromatic rings. The summed E-state index contributed by atoms with van der Waals surface area (Å²) in [6.45, 7) is 0.549. The number of likely N-dealkylation sites (tertiary alicyclic amines) is 1. The lowest BCUT2D eigenvalue weighted by molar-refractivity contribution is -0.138. The van der Waals surface area contributed by atoms with Gasteiger partial charge in [0.1, 0.15) is 0 Å². The molecule has 0 bridgehead atoms. The van der Waals surface area contributed by atoms with Crippen molar-refractivity contribution in [3.05, 3.63) is 0 Å². The number of carbonyl (C=O) groups is 1. The van der Waals surface area contributed by atoms with E-state index in [1.54, 1.807) is 4.90 Å². The van der Waals surface area contributed by atoms with Crippen LogP contribution in [0.4, 0.5) is 0 Å². The van der Waals surface area contributed by atoms with Gasteiger partial charge in [0.2, 0.25) is 0 Å². The zero-order valence-electron chi connectivity index (χ0n) is 8.30. The van der Waals surface area contributed by atoms with Crippen molar-refractivity contribution in [1.82, 2.24) is 4.90 Å². The molecule has 0 amide bonds. The van der Waals surface area contributed by atoms with Crippen molar-refractivity contribution in [3.8, 4) is 0 Å². The summed E-state index contributed by atoms with van der Waals surface area (Å²) in [5.74, 6) is -0.831. The highest BCUT2D eigenvalue weighted by Crippen LogP contribution is 2.23.